The maximum absolute atomic E-state index is 10.7. The molecule has 0 aliphatic rings. The van der Waals surface area contributed by atoms with E-state index in [1.807, 2.05) is 19.9 Å². The summed E-state index contributed by atoms with van der Waals surface area (Å²) in [5.74, 6) is 0.616. The highest BCUT2D eigenvalue weighted by atomic mass is 79.9. The van der Waals surface area contributed by atoms with Crippen LogP contribution >= 0.6 is 15.9 Å². The van der Waals surface area contributed by atoms with Crippen LogP contribution in [0.5, 0.6) is 0 Å². The van der Waals surface area contributed by atoms with Crippen LogP contribution in [0.2, 0.25) is 0 Å². The van der Waals surface area contributed by atoms with Crippen LogP contribution in [0, 0.1) is 17.0 Å². The summed E-state index contributed by atoms with van der Waals surface area (Å²) in [5, 5.41) is 13.8. The second-order valence-electron chi connectivity index (χ2n) is 3.85. The predicted octanol–water partition coefficient (Wildman–Crippen LogP) is 3.44. The van der Waals surface area contributed by atoms with E-state index in [0.717, 1.165) is 0 Å². The topological polar surface area (TPSA) is 68.1 Å². The summed E-state index contributed by atoms with van der Waals surface area (Å²) < 4.78 is 0.633. The molecule has 0 unspecified atom stereocenters. The molecule has 0 bridgehead atoms. The van der Waals surface area contributed by atoms with Gasteiger partial charge in [-0.15, -0.1) is 0 Å². The zero-order valence-corrected chi connectivity index (χ0v) is 11.5. The van der Waals surface area contributed by atoms with Gasteiger partial charge in [0.2, 0.25) is 0 Å². The van der Waals surface area contributed by atoms with E-state index in [4.69, 9.17) is 0 Å². The lowest BCUT2D eigenvalue weighted by atomic mass is 10.2. The first-order valence-electron chi connectivity index (χ1n) is 5.10. The van der Waals surface area contributed by atoms with E-state index in [-0.39, 0.29) is 5.69 Å². The Kier molecular flexibility index (Phi) is 4.62. The second kappa shape index (κ2) is 5.77. The van der Waals surface area contributed by atoms with Gasteiger partial charge in [-0.1, -0.05) is 11.6 Å². The molecule has 17 heavy (non-hydrogen) atoms. The molecule has 1 N–H and O–H groups in total. The number of hydrogen-bond donors (Lipinski definition) is 1. The summed E-state index contributed by atoms with van der Waals surface area (Å²) in [6.45, 7) is 6.34. The number of nitrogens with zero attached hydrogens (tertiary/aromatic N) is 2. The van der Waals surface area contributed by atoms with Crippen molar-refractivity contribution >= 4 is 27.4 Å². The fourth-order valence-corrected chi connectivity index (χ4v) is 1.67. The quantitative estimate of drug-likeness (QED) is 0.525. The zero-order chi connectivity index (χ0) is 13.0. The Morgan fingerprint density at radius 1 is 1.65 bits per heavy atom. The van der Waals surface area contributed by atoms with Crippen molar-refractivity contribution in [2.75, 3.05) is 11.9 Å². The molecule has 5 nitrogen and oxygen atoms in total. The monoisotopic (exact) mass is 299 g/mol. The van der Waals surface area contributed by atoms with Gasteiger partial charge in [-0.25, -0.2) is 4.98 Å². The molecule has 0 saturated carbocycles. The number of hydrogen-bond acceptors (Lipinski definition) is 4. The van der Waals surface area contributed by atoms with Crippen LogP contribution in [0.1, 0.15) is 19.4 Å². The lowest BCUT2D eigenvalue weighted by Crippen LogP contribution is -2.04. The van der Waals surface area contributed by atoms with Crippen molar-refractivity contribution in [1.82, 2.24) is 4.98 Å². The van der Waals surface area contributed by atoms with Crippen LogP contribution in [0.15, 0.2) is 22.3 Å². The van der Waals surface area contributed by atoms with E-state index >= 15 is 0 Å². The van der Waals surface area contributed by atoms with E-state index in [1.165, 1.54) is 11.8 Å². The first kappa shape index (κ1) is 13.6. The molecule has 0 saturated heterocycles. The Hall–Kier alpha value is -1.43. The average Bonchev–Trinajstić information content (AvgIpc) is 2.23. The van der Waals surface area contributed by atoms with Gasteiger partial charge in [-0.3, -0.25) is 10.1 Å². The van der Waals surface area contributed by atoms with E-state index < -0.39 is 4.92 Å². The molecule has 0 aliphatic carbocycles. The highest BCUT2D eigenvalue weighted by Crippen LogP contribution is 2.30. The standard InChI is InChI=1S/C11H14BrN3O2/c1-7(2)4-5-13-11-10(12)8(3)9(6-14-11)15(16)17/h4,6H,5H2,1-3H3,(H,13,14). The maximum atomic E-state index is 10.7. The Balaban J connectivity index is 2.93. The van der Waals surface area contributed by atoms with Gasteiger partial charge in [0.25, 0.3) is 5.69 Å². The SMILES string of the molecule is CC(C)=CCNc1ncc([N+](=O)[O-])c(C)c1Br. The number of halogens is 1. The van der Waals surface area contributed by atoms with Crippen molar-refractivity contribution in [2.45, 2.75) is 20.8 Å². The Bertz CT molecular complexity index is 468. The van der Waals surface area contributed by atoms with Crippen molar-refractivity contribution in [3.05, 3.63) is 38.0 Å². The maximum Gasteiger partial charge on any atom is 0.291 e. The van der Waals surface area contributed by atoms with Crippen LogP contribution in [0.25, 0.3) is 0 Å². The molecule has 1 aromatic rings. The average molecular weight is 300 g/mol. The lowest BCUT2D eigenvalue weighted by molar-refractivity contribution is -0.385. The van der Waals surface area contributed by atoms with Crippen molar-refractivity contribution < 1.29 is 4.92 Å². The molecule has 1 rings (SSSR count). The largest absolute Gasteiger partial charge is 0.366 e. The molecule has 6 heteroatoms. The Labute approximate surface area is 108 Å². The molecule has 0 radical (unpaired) electrons. The first-order valence-corrected chi connectivity index (χ1v) is 5.89. The number of nitro groups is 1. The summed E-state index contributed by atoms with van der Waals surface area (Å²) in [4.78, 5) is 14.3. The van der Waals surface area contributed by atoms with Crippen molar-refractivity contribution in [3.63, 3.8) is 0 Å². The summed E-state index contributed by atoms with van der Waals surface area (Å²) in [7, 11) is 0. The Morgan fingerprint density at radius 3 is 2.82 bits per heavy atom. The molecule has 1 aromatic heterocycles. The van der Waals surface area contributed by atoms with E-state index in [0.29, 0.717) is 22.4 Å². The number of pyridine rings is 1. The van der Waals surface area contributed by atoms with Crippen molar-refractivity contribution in [2.24, 2.45) is 0 Å². The summed E-state index contributed by atoms with van der Waals surface area (Å²) in [5.41, 5.74) is 1.79. The molecule has 0 atom stereocenters. The highest BCUT2D eigenvalue weighted by molar-refractivity contribution is 9.10. The summed E-state index contributed by atoms with van der Waals surface area (Å²) >= 11 is 3.32. The second-order valence-corrected chi connectivity index (χ2v) is 4.64. The van der Waals surface area contributed by atoms with Crippen molar-refractivity contribution in [3.8, 4) is 0 Å². The molecular formula is C11H14BrN3O2. The smallest absolute Gasteiger partial charge is 0.291 e. The predicted molar refractivity (Wildman–Crippen MR) is 71.2 cm³/mol. The number of rotatable bonds is 4. The van der Waals surface area contributed by atoms with Gasteiger partial charge < -0.3 is 5.32 Å². The number of allylic oxidation sites excluding steroid dienone is 1. The third-order valence-electron chi connectivity index (χ3n) is 2.21. The van der Waals surface area contributed by atoms with Gasteiger partial charge in [0.05, 0.1) is 9.40 Å². The molecule has 0 aliphatic heterocycles. The molecule has 1 heterocycles. The minimum absolute atomic E-state index is 0.0182. The number of nitrogens with one attached hydrogen (secondary N) is 1. The third kappa shape index (κ3) is 3.52. The van der Waals surface area contributed by atoms with Gasteiger partial charge in [0, 0.05) is 12.1 Å². The van der Waals surface area contributed by atoms with Crippen LogP contribution in [-0.2, 0) is 0 Å². The Morgan fingerprint density at radius 2 is 2.29 bits per heavy atom. The van der Waals surface area contributed by atoms with E-state index in [2.05, 4.69) is 26.2 Å². The van der Waals surface area contributed by atoms with Crippen LogP contribution in [0.3, 0.4) is 0 Å². The number of anilines is 1. The third-order valence-corrected chi connectivity index (χ3v) is 3.18. The minimum atomic E-state index is -0.438. The molecule has 0 aromatic carbocycles. The van der Waals surface area contributed by atoms with Crippen LogP contribution in [-0.4, -0.2) is 16.5 Å². The minimum Gasteiger partial charge on any atom is -0.366 e. The van der Waals surface area contributed by atoms with E-state index in [1.54, 1.807) is 6.92 Å². The summed E-state index contributed by atoms with van der Waals surface area (Å²) in [6, 6.07) is 0. The van der Waals surface area contributed by atoms with Gasteiger partial charge in [-0.2, -0.15) is 0 Å². The fourth-order valence-electron chi connectivity index (χ4n) is 1.23. The summed E-state index contributed by atoms with van der Waals surface area (Å²) in [6.07, 6.45) is 3.29. The lowest BCUT2D eigenvalue weighted by Gasteiger charge is -2.07. The van der Waals surface area contributed by atoms with Crippen LogP contribution in [0.4, 0.5) is 11.5 Å². The zero-order valence-electron chi connectivity index (χ0n) is 9.95. The van der Waals surface area contributed by atoms with Crippen molar-refractivity contribution in [1.29, 1.82) is 0 Å². The van der Waals surface area contributed by atoms with Gasteiger partial charge in [0.1, 0.15) is 12.0 Å². The molecule has 0 fully saturated rings. The molecule has 92 valence electrons. The molecular weight excluding hydrogens is 286 g/mol. The molecule has 0 amide bonds. The number of aromatic nitrogens is 1. The highest BCUT2D eigenvalue weighted by Gasteiger charge is 2.16. The molecule has 0 spiro atoms. The van der Waals surface area contributed by atoms with Gasteiger partial charge in [0.15, 0.2) is 0 Å². The van der Waals surface area contributed by atoms with Gasteiger partial charge in [-0.05, 0) is 36.7 Å². The first-order chi connectivity index (χ1) is 7.93. The fraction of sp³-hybridized carbons (Fsp3) is 0.364. The van der Waals surface area contributed by atoms with Crippen LogP contribution < -0.4 is 5.32 Å². The normalized spacial score (nSPS) is 9.88. The van der Waals surface area contributed by atoms with E-state index in [9.17, 15) is 10.1 Å². The van der Waals surface area contributed by atoms with Gasteiger partial charge >= 0.3 is 0 Å².